The first kappa shape index (κ1) is 12.6. The smallest absolute Gasteiger partial charge is 0.238 e. The van der Waals surface area contributed by atoms with Crippen LogP contribution in [0.2, 0.25) is 0 Å². The van der Waals surface area contributed by atoms with Crippen LogP contribution in [0.5, 0.6) is 0 Å². The Labute approximate surface area is 107 Å². The van der Waals surface area contributed by atoms with Gasteiger partial charge in [-0.3, -0.25) is 0 Å². The number of rotatable bonds is 3. The second-order valence-corrected chi connectivity index (χ2v) is 5.57. The van der Waals surface area contributed by atoms with E-state index in [2.05, 4.69) is 5.32 Å². The highest BCUT2D eigenvalue weighted by atomic mass is 32.2. The van der Waals surface area contributed by atoms with Crippen molar-refractivity contribution in [3.8, 4) is 0 Å². The molecular formula is C13H14N2O2S. The molecule has 0 spiro atoms. The van der Waals surface area contributed by atoms with Crippen molar-refractivity contribution in [2.45, 2.75) is 11.8 Å². The van der Waals surface area contributed by atoms with Crippen molar-refractivity contribution in [3.63, 3.8) is 0 Å². The van der Waals surface area contributed by atoms with E-state index in [1.165, 1.54) is 12.1 Å². The lowest BCUT2D eigenvalue weighted by atomic mass is 10.2. The molecule has 0 saturated heterocycles. The molecule has 0 aliphatic carbocycles. The van der Waals surface area contributed by atoms with Gasteiger partial charge in [0.2, 0.25) is 10.0 Å². The summed E-state index contributed by atoms with van der Waals surface area (Å²) < 4.78 is 22.6. The minimum Gasteiger partial charge on any atom is -0.355 e. The highest BCUT2D eigenvalue weighted by molar-refractivity contribution is 7.89. The van der Waals surface area contributed by atoms with E-state index in [4.69, 9.17) is 5.14 Å². The van der Waals surface area contributed by atoms with E-state index in [0.717, 1.165) is 16.9 Å². The molecule has 0 aliphatic heterocycles. The lowest BCUT2D eigenvalue weighted by Gasteiger charge is -2.10. The van der Waals surface area contributed by atoms with Crippen LogP contribution in [-0.2, 0) is 10.0 Å². The second kappa shape index (κ2) is 4.80. The Balaban J connectivity index is 2.39. The number of primary sulfonamides is 1. The molecule has 0 saturated carbocycles. The summed E-state index contributed by atoms with van der Waals surface area (Å²) in [6.07, 6.45) is 0. The third kappa shape index (κ3) is 2.88. The van der Waals surface area contributed by atoms with Crippen LogP contribution >= 0.6 is 0 Å². The number of benzene rings is 2. The molecule has 94 valence electrons. The van der Waals surface area contributed by atoms with Crippen molar-refractivity contribution in [2.75, 3.05) is 5.32 Å². The predicted molar refractivity (Wildman–Crippen MR) is 72.3 cm³/mol. The van der Waals surface area contributed by atoms with Crippen LogP contribution < -0.4 is 10.5 Å². The molecule has 0 unspecified atom stereocenters. The molecule has 0 amide bonds. The highest BCUT2D eigenvalue weighted by Gasteiger charge is 2.09. The van der Waals surface area contributed by atoms with Crippen molar-refractivity contribution >= 4 is 21.4 Å². The Hall–Kier alpha value is -1.85. The van der Waals surface area contributed by atoms with Crippen LogP contribution in [0.3, 0.4) is 0 Å². The predicted octanol–water partition coefficient (Wildman–Crippen LogP) is 2.39. The van der Waals surface area contributed by atoms with Crippen molar-refractivity contribution in [1.29, 1.82) is 0 Å². The van der Waals surface area contributed by atoms with Gasteiger partial charge in [0.25, 0.3) is 0 Å². The Kier molecular flexibility index (Phi) is 3.36. The minimum absolute atomic E-state index is 0.103. The molecule has 2 aromatic carbocycles. The van der Waals surface area contributed by atoms with E-state index in [9.17, 15) is 8.42 Å². The standard InChI is InChI=1S/C13H14N2O2S/c1-10-7-8-12(18(14,16)17)9-13(10)15-11-5-3-2-4-6-11/h2-9,15H,1H3,(H2,14,16,17). The maximum atomic E-state index is 11.3. The summed E-state index contributed by atoms with van der Waals surface area (Å²) in [4.78, 5) is 0.103. The fraction of sp³-hybridized carbons (Fsp3) is 0.0769. The molecule has 2 aromatic rings. The van der Waals surface area contributed by atoms with Crippen molar-refractivity contribution < 1.29 is 8.42 Å². The maximum Gasteiger partial charge on any atom is 0.238 e. The molecule has 4 nitrogen and oxygen atoms in total. The average Bonchev–Trinajstić information content (AvgIpc) is 2.32. The number of hydrogen-bond donors (Lipinski definition) is 2. The quantitative estimate of drug-likeness (QED) is 0.892. The SMILES string of the molecule is Cc1ccc(S(N)(=O)=O)cc1Nc1ccccc1. The highest BCUT2D eigenvalue weighted by Crippen LogP contribution is 2.23. The summed E-state index contributed by atoms with van der Waals surface area (Å²) in [7, 11) is -3.67. The fourth-order valence-corrected chi connectivity index (χ4v) is 2.13. The lowest BCUT2D eigenvalue weighted by Crippen LogP contribution is -2.12. The van der Waals surface area contributed by atoms with Crippen LogP contribution in [0.15, 0.2) is 53.4 Å². The summed E-state index contributed by atoms with van der Waals surface area (Å²) >= 11 is 0. The van der Waals surface area contributed by atoms with Crippen molar-refractivity contribution in [1.82, 2.24) is 0 Å². The zero-order valence-electron chi connectivity index (χ0n) is 9.92. The van der Waals surface area contributed by atoms with Crippen LogP contribution in [0, 0.1) is 6.92 Å². The number of aryl methyl sites for hydroxylation is 1. The van der Waals surface area contributed by atoms with Gasteiger partial charge in [-0.1, -0.05) is 24.3 Å². The molecular weight excluding hydrogens is 248 g/mol. The molecule has 0 aromatic heterocycles. The van der Waals surface area contributed by atoms with Crippen molar-refractivity contribution in [3.05, 3.63) is 54.1 Å². The Morgan fingerprint density at radius 1 is 1.06 bits per heavy atom. The second-order valence-electron chi connectivity index (χ2n) is 4.01. The molecule has 0 radical (unpaired) electrons. The van der Waals surface area contributed by atoms with Crippen LogP contribution in [0.1, 0.15) is 5.56 Å². The van der Waals surface area contributed by atoms with Gasteiger partial charge >= 0.3 is 0 Å². The number of hydrogen-bond acceptors (Lipinski definition) is 3. The molecule has 0 atom stereocenters. The Morgan fingerprint density at radius 2 is 1.72 bits per heavy atom. The van der Waals surface area contributed by atoms with E-state index in [0.29, 0.717) is 0 Å². The summed E-state index contributed by atoms with van der Waals surface area (Å²) in [5.41, 5.74) is 2.58. The summed E-state index contributed by atoms with van der Waals surface area (Å²) in [5.74, 6) is 0. The van der Waals surface area contributed by atoms with E-state index < -0.39 is 10.0 Å². The van der Waals surface area contributed by atoms with Gasteiger partial charge in [-0.05, 0) is 36.8 Å². The number of anilines is 2. The molecule has 3 N–H and O–H groups in total. The first-order valence-electron chi connectivity index (χ1n) is 5.42. The van der Waals surface area contributed by atoms with Crippen molar-refractivity contribution in [2.24, 2.45) is 5.14 Å². The number of nitrogens with two attached hydrogens (primary N) is 1. The zero-order valence-corrected chi connectivity index (χ0v) is 10.7. The van der Waals surface area contributed by atoms with E-state index in [1.54, 1.807) is 6.07 Å². The molecule has 0 heterocycles. The average molecular weight is 262 g/mol. The minimum atomic E-state index is -3.67. The van der Waals surface area contributed by atoms with Gasteiger partial charge < -0.3 is 5.32 Å². The van der Waals surface area contributed by atoms with Gasteiger partial charge in [0.15, 0.2) is 0 Å². The number of sulfonamides is 1. The van der Waals surface area contributed by atoms with E-state index >= 15 is 0 Å². The molecule has 5 heteroatoms. The maximum absolute atomic E-state index is 11.3. The normalized spacial score (nSPS) is 11.2. The Bertz CT molecular complexity index is 652. The van der Waals surface area contributed by atoms with E-state index in [1.807, 2.05) is 37.3 Å². The van der Waals surface area contributed by atoms with Crippen LogP contribution in [-0.4, -0.2) is 8.42 Å². The van der Waals surface area contributed by atoms with Gasteiger partial charge in [0.05, 0.1) is 4.90 Å². The van der Waals surface area contributed by atoms with Crippen LogP contribution in [0.25, 0.3) is 0 Å². The third-order valence-corrected chi connectivity index (χ3v) is 3.50. The molecule has 0 aliphatic rings. The monoisotopic (exact) mass is 262 g/mol. The molecule has 2 rings (SSSR count). The number of nitrogens with one attached hydrogen (secondary N) is 1. The van der Waals surface area contributed by atoms with E-state index in [-0.39, 0.29) is 4.90 Å². The van der Waals surface area contributed by atoms with Crippen LogP contribution in [0.4, 0.5) is 11.4 Å². The number of para-hydroxylation sites is 1. The van der Waals surface area contributed by atoms with Gasteiger partial charge in [-0.25, -0.2) is 13.6 Å². The summed E-state index contributed by atoms with van der Waals surface area (Å²) in [6, 6.07) is 14.3. The fourth-order valence-electron chi connectivity index (χ4n) is 1.59. The zero-order chi connectivity index (χ0) is 13.2. The third-order valence-electron chi connectivity index (χ3n) is 2.59. The van der Waals surface area contributed by atoms with Gasteiger partial charge in [0, 0.05) is 11.4 Å². The van der Waals surface area contributed by atoms with Gasteiger partial charge in [-0.15, -0.1) is 0 Å². The first-order chi connectivity index (χ1) is 8.47. The molecule has 18 heavy (non-hydrogen) atoms. The topological polar surface area (TPSA) is 72.2 Å². The lowest BCUT2D eigenvalue weighted by molar-refractivity contribution is 0.598. The first-order valence-corrected chi connectivity index (χ1v) is 6.97. The summed E-state index contributed by atoms with van der Waals surface area (Å²) in [6.45, 7) is 1.90. The summed E-state index contributed by atoms with van der Waals surface area (Å²) in [5, 5.41) is 8.28. The molecule has 0 bridgehead atoms. The van der Waals surface area contributed by atoms with Gasteiger partial charge in [-0.2, -0.15) is 0 Å². The molecule has 0 fully saturated rings. The Morgan fingerprint density at radius 3 is 2.33 bits per heavy atom. The largest absolute Gasteiger partial charge is 0.355 e. The van der Waals surface area contributed by atoms with Gasteiger partial charge in [0.1, 0.15) is 0 Å².